The van der Waals surface area contributed by atoms with Crippen molar-refractivity contribution in [2.75, 3.05) is 7.05 Å². The van der Waals surface area contributed by atoms with Crippen molar-refractivity contribution < 1.29 is 14.7 Å². The minimum absolute atomic E-state index is 0.0000368. The van der Waals surface area contributed by atoms with Gasteiger partial charge in [0.05, 0.1) is 18.0 Å². The van der Waals surface area contributed by atoms with Crippen LogP contribution in [0.3, 0.4) is 0 Å². The van der Waals surface area contributed by atoms with Gasteiger partial charge in [-0.25, -0.2) is 4.79 Å². The molecule has 0 radical (unpaired) electrons. The van der Waals surface area contributed by atoms with E-state index < -0.39 is 11.5 Å². The molecule has 2 N–H and O–H groups in total. The quantitative estimate of drug-likeness (QED) is 0.877. The van der Waals surface area contributed by atoms with E-state index in [1.165, 1.54) is 0 Å². The Labute approximate surface area is 122 Å². The molecule has 110 valence electrons. The molecule has 1 atom stereocenters. The predicted molar refractivity (Wildman–Crippen MR) is 77.9 cm³/mol. The fourth-order valence-electron chi connectivity index (χ4n) is 2.45. The van der Waals surface area contributed by atoms with Gasteiger partial charge in [0.25, 0.3) is 0 Å². The van der Waals surface area contributed by atoms with Gasteiger partial charge in [0.2, 0.25) is 0 Å². The zero-order valence-corrected chi connectivity index (χ0v) is 12.6. The molecule has 1 fully saturated rings. The van der Waals surface area contributed by atoms with Gasteiger partial charge in [0, 0.05) is 11.9 Å². The summed E-state index contributed by atoms with van der Waals surface area (Å²) in [6, 6.07) is 3.74. The number of nitrogens with zero attached hydrogens (tertiary/aromatic N) is 1. The Morgan fingerprint density at radius 2 is 2.25 bits per heavy atom. The number of carboxylic acid groups (broad SMARTS) is 1. The van der Waals surface area contributed by atoms with Crippen LogP contribution in [0.5, 0.6) is 0 Å². The van der Waals surface area contributed by atoms with Crippen molar-refractivity contribution in [3.63, 3.8) is 0 Å². The van der Waals surface area contributed by atoms with Crippen LogP contribution in [0.15, 0.2) is 17.5 Å². The van der Waals surface area contributed by atoms with Crippen LogP contribution in [0.4, 0.5) is 4.79 Å². The number of hydrogen-bond donors (Lipinski definition) is 2. The maximum atomic E-state index is 12.3. The summed E-state index contributed by atoms with van der Waals surface area (Å²) in [6.07, 6.45) is 2.45. The first kappa shape index (κ1) is 14.8. The number of urea groups is 1. The maximum absolute atomic E-state index is 12.3. The molecule has 2 amide bonds. The van der Waals surface area contributed by atoms with E-state index in [1.807, 2.05) is 24.4 Å². The second kappa shape index (κ2) is 5.83. The third-order valence-corrected chi connectivity index (χ3v) is 5.07. The summed E-state index contributed by atoms with van der Waals surface area (Å²) in [6.45, 7) is 1.97. The zero-order valence-electron chi connectivity index (χ0n) is 11.8. The van der Waals surface area contributed by atoms with E-state index in [9.17, 15) is 9.59 Å². The number of carbonyl (C=O) groups excluding carboxylic acids is 1. The highest BCUT2D eigenvalue weighted by molar-refractivity contribution is 7.10. The fourth-order valence-corrected chi connectivity index (χ4v) is 3.28. The first-order chi connectivity index (χ1) is 9.43. The average Bonchev–Trinajstić information content (AvgIpc) is 2.87. The second-order valence-corrected chi connectivity index (χ2v) is 6.42. The number of nitrogens with one attached hydrogen (secondary N) is 1. The van der Waals surface area contributed by atoms with E-state index in [2.05, 4.69) is 5.32 Å². The van der Waals surface area contributed by atoms with Gasteiger partial charge in [-0.2, -0.15) is 0 Å². The SMILES string of the molecule is CC(c1cccs1)N(C)C(=O)NC1(CC(=O)O)CCC1. The molecule has 1 heterocycles. The lowest BCUT2D eigenvalue weighted by molar-refractivity contribution is -0.139. The van der Waals surface area contributed by atoms with E-state index in [4.69, 9.17) is 5.11 Å². The van der Waals surface area contributed by atoms with Crippen LogP contribution in [-0.4, -0.2) is 34.6 Å². The molecular formula is C14H20N2O3S. The van der Waals surface area contributed by atoms with Crippen LogP contribution in [0.25, 0.3) is 0 Å². The summed E-state index contributed by atoms with van der Waals surface area (Å²) in [5.41, 5.74) is -0.549. The fraction of sp³-hybridized carbons (Fsp3) is 0.571. The summed E-state index contributed by atoms with van der Waals surface area (Å²) in [5, 5.41) is 13.9. The van der Waals surface area contributed by atoms with Gasteiger partial charge in [-0.15, -0.1) is 11.3 Å². The minimum atomic E-state index is -0.862. The number of thiophene rings is 1. The standard InChI is InChI=1S/C14H20N2O3S/c1-10(11-5-3-8-20-11)16(2)13(19)15-14(6-4-7-14)9-12(17)18/h3,5,8,10H,4,6-7,9H2,1-2H3,(H,15,19)(H,17,18). The molecule has 0 aromatic carbocycles. The number of carbonyl (C=O) groups is 2. The van der Waals surface area contributed by atoms with E-state index in [0.29, 0.717) is 0 Å². The zero-order chi connectivity index (χ0) is 14.8. The molecule has 0 saturated heterocycles. The van der Waals surface area contributed by atoms with Crippen molar-refractivity contribution in [3.05, 3.63) is 22.4 Å². The summed E-state index contributed by atoms with van der Waals surface area (Å²) in [5.74, 6) is -0.862. The van der Waals surface area contributed by atoms with Crippen LogP contribution < -0.4 is 5.32 Å². The Hall–Kier alpha value is -1.56. The van der Waals surface area contributed by atoms with Gasteiger partial charge >= 0.3 is 12.0 Å². The summed E-state index contributed by atoms with van der Waals surface area (Å²) in [4.78, 5) is 26.0. The summed E-state index contributed by atoms with van der Waals surface area (Å²) < 4.78 is 0. The van der Waals surface area contributed by atoms with Crippen LogP contribution >= 0.6 is 11.3 Å². The van der Waals surface area contributed by atoms with Gasteiger partial charge in [-0.1, -0.05) is 6.07 Å². The van der Waals surface area contributed by atoms with Crippen molar-refractivity contribution in [2.45, 2.75) is 44.2 Å². The largest absolute Gasteiger partial charge is 0.481 e. The molecule has 0 spiro atoms. The van der Waals surface area contributed by atoms with Crippen molar-refractivity contribution in [1.29, 1.82) is 0 Å². The monoisotopic (exact) mass is 296 g/mol. The van der Waals surface area contributed by atoms with E-state index in [1.54, 1.807) is 23.3 Å². The lowest BCUT2D eigenvalue weighted by Crippen LogP contribution is -2.57. The minimum Gasteiger partial charge on any atom is -0.481 e. The van der Waals surface area contributed by atoms with Crippen molar-refractivity contribution in [2.24, 2.45) is 0 Å². The molecule has 1 aliphatic carbocycles. The predicted octanol–water partition coefficient (Wildman–Crippen LogP) is 2.85. The molecule has 0 bridgehead atoms. The Kier molecular flexibility index (Phi) is 4.32. The van der Waals surface area contributed by atoms with Crippen LogP contribution in [0, 0.1) is 0 Å². The average molecular weight is 296 g/mol. The third kappa shape index (κ3) is 3.12. The molecule has 1 aromatic heterocycles. The van der Waals surface area contributed by atoms with Gasteiger partial charge < -0.3 is 15.3 Å². The van der Waals surface area contributed by atoms with Crippen molar-refractivity contribution in [1.82, 2.24) is 10.2 Å². The van der Waals surface area contributed by atoms with Crippen molar-refractivity contribution >= 4 is 23.3 Å². The Morgan fingerprint density at radius 1 is 1.55 bits per heavy atom. The number of aliphatic carboxylic acids is 1. The molecule has 1 saturated carbocycles. The van der Waals surface area contributed by atoms with Crippen molar-refractivity contribution in [3.8, 4) is 0 Å². The molecule has 1 unspecified atom stereocenters. The molecule has 5 nitrogen and oxygen atoms in total. The lowest BCUT2D eigenvalue weighted by Gasteiger charge is -2.42. The summed E-state index contributed by atoms with van der Waals surface area (Å²) >= 11 is 1.61. The van der Waals surface area contributed by atoms with Gasteiger partial charge in [0.15, 0.2) is 0 Å². The molecule has 20 heavy (non-hydrogen) atoms. The molecule has 0 aliphatic heterocycles. The van der Waals surface area contributed by atoms with Crippen LogP contribution in [0.1, 0.15) is 43.5 Å². The third-order valence-electron chi connectivity index (χ3n) is 4.03. The van der Waals surface area contributed by atoms with Crippen LogP contribution in [-0.2, 0) is 4.79 Å². The van der Waals surface area contributed by atoms with E-state index >= 15 is 0 Å². The first-order valence-electron chi connectivity index (χ1n) is 6.74. The molecular weight excluding hydrogens is 276 g/mol. The highest BCUT2D eigenvalue weighted by atomic mass is 32.1. The summed E-state index contributed by atoms with van der Waals surface area (Å²) in [7, 11) is 1.74. The highest BCUT2D eigenvalue weighted by Crippen LogP contribution is 2.35. The molecule has 1 aromatic rings. The van der Waals surface area contributed by atoms with Gasteiger partial charge in [-0.3, -0.25) is 4.79 Å². The van der Waals surface area contributed by atoms with Gasteiger partial charge in [0.1, 0.15) is 0 Å². The molecule has 1 aliphatic rings. The first-order valence-corrected chi connectivity index (χ1v) is 7.62. The normalized spacial score (nSPS) is 17.9. The number of amides is 2. The lowest BCUT2D eigenvalue weighted by atomic mass is 9.74. The maximum Gasteiger partial charge on any atom is 0.318 e. The number of carboxylic acids is 1. The van der Waals surface area contributed by atoms with Crippen LogP contribution in [0.2, 0.25) is 0 Å². The smallest absolute Gasteiger partial charge is 0.318 e. The number of rotatable bonds is 5. The number of hydrogen-bond acceptors (Lipinski definition) is 3. The van der Waals surface area contributed by atoms with E-state index in [0.717, 1.165) is 24.1 Å². The van der Waals surface area contributed by atoms with E-state index in [-0.39, 0.29) is 18.5 Å². The topological polar surface area (TPSA) is 69.6 Å². The molecule has 6 heteroatoms. The molecule has 2 rings (SSSR count). The highest BCUT2D eigenvalue weighted by Gasteiger charge is 2.41. The Bertz CT molecular complexity index is 483. The second-order valence-electron chi connectivity index (χ2n) is 5.44. The Balaban J connectivity index is 1.98. The van der Waals surface area contributed by atoms with Gasteiger partial charge in [-0.05, 0) is 37.6 Å². The Morgan fingerprint density at radius 3 is 2.70 bits per heavy atom.